The third-order valence-corrected chi connectivity index (χ3v) is 3.50. The summed E-state index contributed by atoms with van der Waals surface area (Å²) in [4.78, 5) is 16.3. The van der Waals surface area contributed by atoms with Gasteiger partial charge in [0, 0.05) is 37.3 Å². The van der Waals surface area contributed by atoms with Gasteiger partial charge in [-0.3, -0.25) is 4.79 Å². The third-order valence-electron chi connectivity index (χ3n) is 3.50. The van der Waals surface area contributed by atoms with Crippen molar-refractivity contribution in [3.63, 3.8) is 0 Å². The summed E-state index contributed by atoms with van der Waals surface area (Å²) in [6, 6.07) is 5.64. The van der Waals surface area contributed by atoms with E-state index in [-0.39, 0.29) is 12.0 Å². The highest BCUT2D eigenvalue weighted by Crippen LogP contribution is 2.15. The van der Waals surface area contributed by atoms with E-state index in [4.69, 9.17) is 4.74 Å². The topological polar surface area (TPSA) is 69.0 Å². The second-order valence-corrected chi connectivity index (χ2v) is 5.05. The molecule has 3 heterocycles. The summed E-state index contributed by atoms with van der Waals surface area (Å²) < 4.78 is 7.17. The minimum Gasteiger partial charge on any atom is -0.378 e. The standard InChI is InChI=1S/C15H18N4O2/c20-14(10-13-5-2-9-21-13)17-11-12-4-1-6-16-15(12)19-8-3-7-18-19/h1,3-4,6-8,13H,2,5,9-11H2,(H,17,20)/t13-/m0/s1. The summed E-state index contributed by atoms with van der Waals surface area (Å²) in [5.74, 6) is 0.747. The quantitative estimate of drug-likeness (QED) is 0.903. The number of nitrogens with zero attached hydrogens (tertiary/aromatic N) is 3. The van der Waals surface area contributed by atoms with Gasteiger partial charge in [-0.2, -0.15) is 5.10 Å². The first-order valence-electron chi connectivity index (χ1n) is 7.15. The van der Waals surface area contributed by atoms with Gasteiger partial charge in [0.05, 0.1) is 12.5 Å². The number of hydrogen-bond donors (Lipinski definition) is 1. The molecule has 1 N–H and O–H groups in total. The highest BCUT2D eigenvalue weighted by atomic mass is 16.5. The summed E-state index contributed by atoms with van der Waals surface area (Å²) in [6.45, 7) is 1.21. The van der Waals surface area contributed by atoms with Crippen LogP contribution in [-0.4, -0.2) is 33.4 Å². The fourth-order valence-electron chi connectivity index (χ4n) is 2.45. The normalized spacial score (nSPS) is 17.8. The molecule has 1 fully saturated rings. The number of amides is 1. The van der Waals surface area contributed by atoms with Crippen LogP contribution < -0.4 is 5.32 Å². The second kappa shape index (κ2) is 6.49. The van der Waals surface area contributed by atoms with Gasteiger partial charge in [-0.15, -0.1) is 0 Å². The molecule has 1 amide bonds. The number of rotatable bonds is 5. The van der Waals surface area contributed by atoms with E-state index < -0.39 is 0 Å². The lowest BCUT2D eigenvalue weighted by atomic mass is 10.1. The fourth-order valence-corrected chi connectivity index (χ4v) is 2.45. The summed E-state index contributed by atoms with van der Waals surface area (Å²) >= 11 is 0. The molecule has 1 atom stereocenters. The molecule has 1 aliphatic rings. The molecular weight excluding hydrogens is 268 g/mol. The summed E-state index contributed by atoms with van der Waals surface area (Å²) in [5.41, 5.74) is 0.932. The van der Waals surface area contributed by atoms with Gasteiger partial charge >= 0.3 is 0 Å². The first-order chi connectivity index (χ1) is 10.3. The predicted octanol–water partition coefficient (Wildman–Crippen LogP) is 1.45. The molecule has 0 aromatic carbocycles. The van der Waals surface area contributed by atoms with E-state index >= 15 is 0 Å². The van der Waals surface area contributed by atoms with Crippen LogP contribution in [0.2, 0.25) is 0 Å². The highest BCUT2D eigenvalue weighted by Gasteiger charge is 2.19. The number of carbonyl (C=O) groups excluding carboxylic acids is 1. The zero-order valence-electron chi connectivity index (χ0n) is 11.7. The number of aromatic nitrogens is 3. The lowest BCUT2D eigenvalue weighted by Crippen LogP contribution is -2.27. The second-order valence-electron chi connectivity index (χ2n) is 5.05. The van der Waals surface area contributed by atoms with Crippen LogP contribution in [-0.2, 0) is 16.1 Å². The predicted molar refractivity (Wildman–Crippen MR) is 76.8 cm³/mol. The van der Waals surface area contributed by atoms with E-state index in [9.17, 15) is 4.79 Å². The van der Waals surface area contributed by atoms with Crippen LogP contribution in [0.5, 0.6) is 0 Å². The van der Waals surface area contributed by atoms with E-state index in [1.807, 2.05) is 24.4 Å². The zero-order chi connectivity index (χ0) is 14.5. The minimum atomic E-state index is 0.0113. The molecule has 0 radical (unpaired) electrons. The molecule has 2 aromatic rings. The maximum absolute atomic E-state index is 11.9. The van der Waals surface area contributed by atoms with Crippen molar-refractivity contribution in [2.24, 2.45) is 0 Å². The third kappa shape index (κ3) is 3.46. The van der Waals surface area contributed by atoms with Crippen molar-refractivity contribution >= 4 is 5.91 Å². The van der Waals surface area contributed by atoms with Crippen molar-refractivity contribution in [3.05, 3.63) is 42.4 Å². The molecular formula is C15H18N4O2. The van der Waals surface area contributed by atoms with Crippen molar-refractivity contribution in [1.29, 1.82) is 0 Å². The molecule has 6 nitrogen and oxygen atoms in total. The lowest BCUT2D eigenvalue weighted by molar-refractivity contribution is -0.123. The molecule has 110 valence electrons. The van der Waals surface area contributed by atoms with E-state index in [1.54, 1.807) is 17.1 Å². The molecule has 0 spiro atoms. The van der Waals surface area contributed by atoms with Crippen molar-refractivity contribution in [2.45, 2.75) is 31.9 Å². The van der Waals surface area contributed by atoms with Crippen LogP contribution in [0.4, 0.5) is 0 Å². The maximum atomic E-state index is 11.9. The van der Waals surface area contributed by atoms with Crippen LogP contribution in [0.25, 0.3) is 5.82 Å². The molecule has 0 bridgehead atoms. The Bertz CT molecular complexity index is 591. The Morgan fingerprint density at radius 3 is 3.14 bits per heavy atom. The first-order valence-corrected chi connectivity index (χ1v) is 7.15. The van der Waals surface area contributed by atoms with Crippen LogP contribution >= 0.6 is 0 Å². The Kier molecular flexibility index (Phi) is 4.25. The number of nitrogens with one attached hydrogen (secondary N) is 1. The average Bonchev–Trinajstić information content (AvgIpc) is 3.18. The van der Waals surface area contributed by atoms with Gasteiger partial charge in [-0.1, -0.05) is 6.07 Å². The van der Waals surface area contributed by atoms with Gasteiger partial charge in [0.2, 0.25) is 5.91 Å². The number of ether oxygens (including phenoxy) is 1. The molecule has 3 rings (SSSR count). The van der Waals surface area contributed by atoms with Gasteiger partial charge < -0.3 is 10.1 Å². The van der Waals surface area contributed by atoms with E-state index in [0.29, 0.717) is 13.0 Å². The van der Waals surface area contributed by atoms with Crippen LogP contribution in [0.3, 0.4) is 0 Å². The number of pyridine rings is 1. The molecule has 0 unspecified atom stereocenters. The molecule has 6 heteroatoms. The Morgan fingerprint density at radius 2 is 2.38 bits per heavy atom. The van der Waals surface area contributed by atoms with E-state index in [2.05, 4.69) is 15.4 Å². The lowest BCUT2D eigenvalue weighted by Gasteiger charge is -2.11. The van der Waals surface area contributed by atoms with Gasteiger partial charge in [0.1, 0.15) is 0 Å². The van der Waals surface area contributed by atoms with Crippen LogP contribution in [0.1, 0.15) is 24.8 Å². The van der Waals surface area contributed by atoms with Gasteiger partial charge in [-0.05, 0) is 25.0 Å². The highest BCUT2D eigenvalue weighted by molar-refractivity contribution is 5.76. The molecule has 2 aromatic heterocycles. The van der Waals surface area contributed by atoms with Gasteiger partial charge in [0.25, 0.3) is 0 Å². The van der Waals surface area contributed by atoms with E-state index in [0.717, 1.165) is 30.8 Å². The van der Waals surface area contributed by atoms with Crippen molar-refractivity contribution in [2.75, 3.05) is 6.61 Å². The van der Waals surface area contributed by atoms with E-state index in [1.165, 1.54) is 0 Å². The number of carbonyl (C=O) groups is 1. The van der Waals surface area contributed by atoms with Gasteiger partial charge in [0.15, 0.2) is 5.82 Å². The summed E-state index contributed by atoms with van der Waals surface area (Å²) in [6.07, 6.45) is 7.77. The Labute approximate surface area is 123 Å². The van der Waals surface area contributed by atoms with Gasteiger partial charge in [-0.25, -0.2) is 9.67 Å². The summed E-state index contributed by atoms with van der Waals surface area (Å²) in [5, 5.41) is 7.11. The molecule has 1 aliphatic heterocycles. The van der Waals surface area contributed by atoms with Crippen LogP contribution in [0.15, 0.2) is 36.8 Å². The zero-order valence-corrected chi connectivity index (χ0v) is 11.7. The van der Waals surface area contributed by atoms with Crippen LogP contribution in [0, 0.1) is 0 Å². The SMILES string of the molecule is O=C(C[C@@H]1CCCO1)NCc1cccnc1-n1cccn1. The minimum absolute atomic E-state index is 0.0113. The molecule has 0 saturated carbocycles. The summed E-state index contributed by atoms with van der Waals surface area (Å²) in [7, 11) is 0. The molecule has 1 saturated heterocycles. The monoisotopic (exact) mass is 286 g/mol. The van der Waals surface area contributed by atoms with Crippen molar-refractivity contribution in [1.82, 2.24) is 20.1 Å². The largest absolute Gasteiger partial charge is 0.378 e. The fraction of sp³-hybridized carbons (Fsp3) is 0.400. The Balaban J connectivity index is 1.61. The Morgan fingerprint density at radius 1 is 1.43 bits per heavy atom. The number of hydrogen-bond acceptors (Lipinski definition) is 4. The first kappa shape index (κ1) is 13.8. The Hall–Kier alpha value is -2.21. The molecule has 0 aliphatic carbocycles. The maximum Gasteiger partial charge on any atom is 0.222 e. The smallest absolute Gasteiger partial charge is 0.222 e. The van der Waals surface area contributed by atoms with Crippen molar-refractivity contribution in [3.8, 4) is 5.82 Å². The average molecular weight is 286 g/mol. The van der Waals surface area contributed by atoms with Crippen molar-refractivity contribution < 1.29 is 9.53 Å². The molecule has 21 heavy (non-hydrogen) atoms.